The van der Waals surface area contributed by atoms with Crippen molar-refractivity contribution >= 4 is 11.9 Å². The summed E-state index contributed by atoms with van der Waals surface area (Å²) in [6.07, 6.45) is 78.6. The molecular weight excluding hydrogens is 837 g/mol. The second-order valence-electron chi connectivity index (χ2n) is 18.8. The molecule has 0 saturated heterocycles. The van der Waals surface area contributed by atoms with Crippen molar-refractivity contribution in [2.24, 2.45) is 0 Å². The molecule has 0 bridgehead atoms. The second kappa shape index (κ2) is 58.1. The van der Waals surface area contributed by atoms with Crippen molar-refractivity contribution in [3.05, 3.63) is 97.2 Å². The summed E-state index contributed by atoms with van der Waals surface area (Å²) in [5.74, 6) is -0.426. The Labute approximate surface area is 422 Å². The quantitative estimate of drug-likeness (QED) is 0.0345. The fourth-order valence-electron chi connectivity index (χ4n) is 7.90. The van der Waals surface area contributed by atoms with Crippen LogP contribution in [-0.2, 0) is 23.8 Å². The van der Waals surface area contributed by atoms with Crippen molar-refractivity contribution in [1.29, 1.82) is 0 Å². The minimum Gasteiger partial charge on any atom is -0.462 e. The predicted molar refractivity (Wildman–Crippen MR) is 297 cm³/mol. The van der Waals surface area contributed by atoms with E-state index in [1.54, 1.807) is 0 Å². The van der Waals surface area contributed by atoms with Gasteiger partial charge in [-0.25, -0.2) is 0 Å². The Bertz CT molecular complexity index is 1300. The van der Waals surface area contributed by atoms with Crippen LogP contribution in [0.25, 0.3) is 0 Å². The topological polar surface area (TPSA) is 61.8 Å². The first kappa shape index (κ1) is 64.8. The van der Waals surface area contributed by atoms with Crippen LogP contribution >= 0.6 is 0 Å². The fraction of sp³-hybridized carbons (Fsp3) is 0.714. The monoisotopic (exact) mass is 945 g/mol. The predicted octanol–water partition coefficient (Wildman–Crippen LogP) is 19.8. The average molecular weight is 946 g/mol. The summed E-state index contributed by atoms with van der Waals surface area (Å²) in [5.41, 5.74) is 0. The van der Waals surface area contributed by atoms with Crippen LogP contribution in [0.15, 0.2) is 97.2 Å². The maximum absolute atomic E-state index is 12.9. The molecule has 0 aliphatic rings. The summed E-state index contributed by atoms with van der Waals surface area (Å²) < 4.78 is 17.4. The Morgan fingerprint density at radius 3 is 1.06 bits per heavy atom. The van der Waals surface area contributed by atoms with Gasteiger partial charge in [-0.2, -0.15) is 0 Å². The molecule has 0 amide bonds. The van der Waals surface area contributed by atoms with Gasteiger partial charge in [0.25, 0.3) is 0 Å². The van der Waals surface area contributed by atoms with Crippen LogP contribution in [0.3, 0.4) is 0 Å². The van der Waals surface area contributed by atoms with Crippen molar-refractivity contribution in [2.45, 2.75) is 271 Å². The molecule has 0 aliphatic carbocycles. The Kier molecular flexibility index (Phi) is 55.4. The van der Waals surface area contributed by atoms with Crippen LogP contribution < -0.4 is 0 Å². The molecule has 1 unspecified atom stereocenters. The molecule has 0 heterocycles. The van der Waals surface area contributed by atoms with Crippen molar-refractivity contribution in [3.8, 4) is 0 Å². The van der Waals surface area contributed by atoms with E-state index in [2.05, 4.69) is 118 Å². The van der Waals surface area contributed by atoms with Gasteiger partial charge in [0.15, 0.2) is 6.10 Å². The summed E-state index contributed by atoms with van der Waals surface area (Å²) in [7, 11) is 0. The molecule has 390 valence electrons. The molecule has 0 radical (unpaired) electrons. The molecule has 0 fully saturated rings. The molecule has 5 nitrogen and oxygen atoms in total. The first-order valence-corrected chi connectivity index (χ1v) is 28.8. The van der Waals surface area contributed by atoms with Gasteiger partial charge in [-0.15, -0.1) is 0 Å². The van der Waals surface area contributed by atoms with Crippen LogP contribution in [0.1, 0.15) is 265 Å². The largest absolute Gasteiger partial charge is 0.462 e. The fourth-order valence-corrected chi connectivity index (χ4v) is 7.90. The molecular formula is C63H108O5. The summed E-state index contributed by atoms with van der Waals surface area (Å²) >= 11 is 0. The first-order chi connectivity index (χ1) is 33.6. The molecule has 0 aromatic rings. The van der Waals surface area contributed by atoms with Crippen molar-refractivity contribution in [1.82, 2.24) is 0 Å². The van der Waals surface area contributed by atoms with Gasteiger partial charge in [-0.1, -0.05) is 253 Å². The number of ether oxygens (including phenoxy) is 3. The summed E-state index contributed by atoms with van der Waals surface area (Å²) in [6, 6.07) is 0. The number of hydrogen-bond donors (Lipinski definition) is 0. The lowest BCUT2D eigenvalue weighted by atomic mass is 10.0. The van der Waals surface area contributed by atoms with Gasteiger partial charge in [0.1, 0.15) is 6.61 Å². The smallest absolute Gasteiger partial charge is 0.306 e. The van der Waals surface area contributed by atoms with Crippen molar-refractivity contribution in [2.75, 3.05) is 19.8 Å². The maximum Gasteiger partial charge on any atom is 0.306 e. The number of carbonyl (C=O) groups excluding carboxylic acids is 2. The minimum atomic E-state index is -0.563. The minimum absolute atomic E-state index is 0.0623. The van der Waals surface area contributed by atoms with Gasteiger partial charge >= 0.3 is 11.9 Å². The van der Waals surface area contributed by atoms with Gasteiger partial charge in [-0.3, -0.25) is 9.59 Å². The van der Waals surface area contributed by atoms with E-state index < -0.39 is 6.10 Å². The Morgan fingerprint density at radius 2 is 0.662 bits per heavy atom. The SMILES string of the molecule is CC/C=C\C/C=C\C/C=C\C/C=C\CCCCCCCCC(=O)OCC(COCCCCC/C=C\C/C=C\C/C=C\C/C=C\CC)OC(=O)CCCCCCCCCCCCCCCCCCC. The molecule has 0 spiro atoms. The zero-order valence-corrected chi connectivity index (χ0v) is 44.8. The van der Waals surface area contributed by atoms with E-state index in [1.165, 1.54) is 116 Å². The average Bonchev–Trinajstić information content (AvgIpc) is 3.34. The summed E-state index contributed by atoms with van der Waals surface area (Å²) in [6.45, 7) is 7.54. The Hall–Kier alpha value is -3.18. The van der Waals surface area contributed by atoms with Crippen LogP contribution in [0.5, 0.6) is 0 Å². The molecule has 5 heteroatoms. The lowest BCUT2D eigenvalue weighted by Gasteiger charge is -2.18. The molecule has 1 atom stereocenters. The normalized spacial score (nSPS) is 12.9. The highest BCUT2D eigenvalue weighted by Crippen LogP contribution is 2.16. The van der Waals surface area contributed by atoms with E-state index in [0.717, 1.165) is 116 Å². The number of hydrogen-bond acceptors (Lipinski definition) is 5. The zero-order valence-electron chi connectivity index (χ0n) is 44.8. The lowest BCUT2D eigenvalue weighted by molar-refractivity contribution is -0.163. The molecule has 0 rings (SSSR count). The third-order valence-corrected chi connectivity index (χ3v) is 12.1. The highest BCUT2D eigenvalue weighted by atomic mass is 16.6. The lowest BCUT2D eigenvalue weighted by Crippen LogP contribution is -2.30. The van der Waals surface area contributed by atoms with Crippen molar-refractivity contribution in [3.63, 3.8) is 0 Å². The third kappa shape index (κ3) is 55.4. The number of esters is 2. The van der Waals surface area contributed by atoms with E-state index in [-0.39, 0.29) is 25.2 Å². The van der Waals surface area contributed by atoms with Gasteiger partial charge in [0, 0.05) is 19.4 Å². The third-order valence-electron chi connectivity index (χ3n) is 12.1. The molecule has 0 saturated carbocycles. The highest BCUT2D eigenvalue weighted by molar-refractivity contribution is 5.70. The summed E-state index contributed by atoms with van der Waals surface area (Å²) in [4.78, 5) is 25.5. The van der Waals surface area contributed by atoms with Gasteiger partial charge in [0.05, 0.1) is 6.61 Å². The first-order valence-electron chi connectivity index (χ1n) is 28.8. The Balaban J connectivity index is 4.35. The van der Waals surface area contributed by atoms with E-state index >= 15 is 0 Å². The van der Waals surface area contributed by atoms with Crippen LogP contribution in [0.4, 0.5) is 0 Å². The zero-order chi connectivity index (χ0) is 49.2. The standard InChI is InChI=1S/C63H108O5/c1-4-7-10-13-16-19-22-25-28-31-32-34-35-38-41-44-47-50-53-56-62(64)67-60-61(59-66-58-55-52-49-46-43-40-37-30-27-24-21-18-15-12-9-6-3)68-63(65)57-54-51-48-45-42-39-36-33-29-26-23-20-17-14-11-8-5-2/h7,9-10,12,16,18-19,21,25,27-28,30,32,34,40,43,61H,4-6,8,11,13-15,17,20,22-24,26,29,31,33,35-39,41-42,44-60H2,1-3H3/b10-7-,12-9-,19-16-,21-18-,28-25-,30-27-,34-32-,43-40-. The Morgan fingerprint density at radius 1 is 0.338 bits per heavy atom. The maximum atomic E-state index is 12.9. The number of unbranched alkanes of at least 4 members (excludes halogenated alkanes) is 25. The molecule has 0 aromatic heterocycles. The van der Waals surface area contributed by atoms with Crippen LogP contribution in [0.2, 0.25) is 0 Å². The van der Waals surface area contributed by atoms with Crippen molar-refractivity contribution < 1.29 is 23.8 Å². The molecule has 68 heavy (non-hydrogen) atoms. The molecule has 0 aromatic carbocycles. The number of rotatable bonds is 52. The number of carbonyl (C=O) groups is 2. The van der Waals surface area contributed by atoms with Gasteiger partial charge in [-0.05, 0) is 96.3 Å². The number of allylic oxidation sites excluding steroid dienone is 16. The molecule has 0 N–H and O–H groups in total. The van der Waals surface area contributed by atoms with Crippen LogP contribution in [-0.4, -0.2) is 37.9 Å². The molecule has 0 aliphatic heterocycles. The van der Waals surface area contributed by atoms with Gasteiger partial charge in [0.2, 0.25) is 0 Å². The van der Waals surface area contributed by atoms with Gasteiger partial charge < -0.3 is 14.2 Å². The second-order valence-corrected chi connectivity index (χ2v) is 18.8. The van der Waals surface area contributed by atoms with E-state index in [0.29, 0.717) is 19.4 Å². The van der Waals surface area contributed by atoms with E-state index in [9.17, 15) is 9.59 Å². The van der Waals surface area contributed by atoms with Crippen LogP contribution in [0, 0.1) is 0 Å². The summed E-state index contributed by atoms with van der Waals surface area (Å²) in [5, 5.41) is 0. The van der Waals surface area contributed by atoms with E-state index in [1.807, 2.05) is 0 Å². The highest BCUT2D eigenvalue weighted by Gasteiger charge is 2.17. The van der Waals surface area contributed by atoms with E-state index in [4.69, 9.17) is 14.2 Å².